The number of hydrogen-bond donors (Lipinski definition) is 3. The first-order chi connectivity index (χ1) is 9.31. The number of aliphatic hydroxyl groups excluding tert-OH is 1. The first-order valence-corrected chi connectivity index (χ1v) is 6.48. The van der Waals surface area contributed by atoms with E-state index in [0.717, 1.165) is 12.1 Å². The highest BCUT2D eigenvalue weighted by molar-refractivity contribution is 5.74. The lowest BCUT2D eigenvalue weighted by Crippen LogP contribution is -2.42. The molecule has 20 heavy (non-hydrogen) atoms. The third-order valence-electron chi connectivity index (χ3n) is 2.81. The average Bonchev–Trinajstić information content (AvgIpc) is 2.34. The topological polar surface area (TPSA) is 61.4 Å². The fourth-order valence-corrected chi connectivity index (χ4v) is 1.79. The summed E-state index contributed by atoms with van der Waals surface area (Å²) in [5.74, 6) is -1.43. The normalized spacial score (nSPS) is 13.9. The molecule has 0 unspecified atom stereocenters. The van der Waals surface area contributed by atoms with Crippen LogP contribution in [0.25, 0.3) is 0 Å². The molecule has 6 heteroatoms. The van der Waals surface area contributed by atoms with Crippen molar-refractivity contribution in [3.63, 3.8) is 0 Å². The quantitative estimate of drug-likeness (QED) is 0.778. The van der Waals surface area contributed by atoms with Gasteiger partial charge in [-0.2, -0.15) is 0 Å². The van der Waals surface area contributed by atoms with Crippen LogP contribution < -0.4 is 10.6 Å². The Morgan fingerprint density at radius 2 is 1.95 bits per heavy atom. The maximum absolute atomic E-state index is 13.8. The lowest BCUT2D eigenvalue weighted by Gasteiger charge is -2.23. The predicted octanol–water partition coefficient (Wildman–Crippen LogP) is 2.34. The molecule has 0 heterocycles. The summed E-state index contributed by atoms with van der Waals surface area (Å²) in [7, 11) is 0. The maximum Gasteiger partial charge on any atom is 0.315 e. The molecule has 0 spiro atoms. The number of hydrogen-bond acceptors (Lipinski definition) is 2. The highest BCUT2D eigenvalue weighted by Gasteiger charge is 2.21. The second-order valence-corrected chi connectivity index (χ2v) is 5.09. The van der Waals surface area contributed by atoms with Gasteiger partial charge in [-0.25, -0.2) is 13.6 Å². The minimum Gasteiger partial charge on any atom is -0.392 e. The van der Waals surface area contributed by atoms with Gasteiger partial charge in [0, 0.05) is 18.2 Å². The molecule has 0 fully saturated rings. The molecule has 0 bridgehead atoms. The molecule has 112 valence electrons. The van der Waals surface area contributed by atoms with Gasteiger partial charge in [0.1, 0.15) is 11.6 Å². The molecule has 0 aliphatic rings. The van der Waals surface area contributed by atoms with E-state index in [1.807, 2.05) is 13.8 Å². The van der Waals surface area contributed by atoms with E-state index in [9.17, 15) is 13.6 Å². The van der Waals surface area contributed by atoms with Gasteiger partial charge in [-0.05, 0) is 18.9 Å². The van der Waals surface area contributed by atoms with Gasteiger partial charge < -0.3 is 15.7 Å². The van der Waals surface area contributed by atoms with Crippen LogP contribution in [0.1, 0.15) is 32.4 Å². The molecule has 1 rings (SSSR count). The van der Waals surface area contributed by atoms with Crippen molar-refractivity contribution in [2.75, 3.05) is 6.54 Å². The summed E-state index contributed by atoms with van der Waals surface area (Å²) >= 11 is 0. The van der Waals surface area contributed by atoms with Gasteiger partial charge in [0.2, 0.25) is 0 Å². The molecule has 0 aromatic heterocycles. The van der Waals surface area contributed by atoms with Crippen LogP contribution in [0, 0.1) is 17.6 Å². The van der Waals surface area contributed by atoms with Crippen molar-refractivity contribution < 1.29 is 18.7 Å². The zero-order valence-corrected chi connectivity index (χ0v) is 11.8. The number of rotatable bonds is 5. The summed E-state index contributed by atoms with van der Waals surface area (Å²) in [5.41, 5.74) is 0.230. The summed E-state index contributed by atoms with van der Waals surface area (Å²) in [6.45, 7) is 5.28. The average molecular weight is 286 g/mol. The second kappa shape index (κ2) is 7.19. The number of carbonyl (C=O) groups excluding carboxylic acids is 1. The molecule has 0 aliphatic heterocycles. The molecule has 1 aromatic rings. The van der Waals surface area contributed by atoms with Crippen LogP contribution in [0.3, 0.4) is 0 Å². The van der Waals surface area contributed by atoms with E-state index in [1.165, 1.54) is 6.07 Å². The van der Waals surface area contributed by atoms with E-state index >= 15 is 0 Å². The van der Waals surface area contributed by atoms with E-state index < -0.39 is 29.8 Å². The van der Waals surface area contributed by atoms with Crippen molar-refractivity contribution in [3.05, 3.63) is 35.4 Å². The number of urea groups is 1. The SMILES string of the molecule is CC(C)[C@@H](NC(=O)NC[C@@H](C)O)c1ccc(F)cc1F. The summed E-state index contributed by atoms with van der Waals surface area (Å²) < 4.78 is 26.7. The molecular weight excluding hydrogens is 266 g/mol. The van der Waals surface area contributed by atoms with Crippen molar-refractivity contribution >= 4 is 6.03 Å². The van der Waals surface area contributed by atoms with Gasteiger partial charge in [-0.3, -0.25) is 0 Å². The smallest absolute Gasteiger partial charge is 0.315 e. The first-order valence-electron chi connectivity index (χ1n) is 6.48. The van der Waals surface area contributed by atoms with E-state index in [2.05, 4.69) is 10.6 Å². The number of nitrogens with one attached hydrogen (secondary N) is 2. The largest absolute Gasteiger partial charge is 0.392 e. The Labute approximate surface area is 117 Å². The number of amides is 2. The summed E-state index contributed by atoms with van der Waals surface area (Å²) in [6.07, 6.45) is -0.666. The Morgan fingerprint density at radius 1 is 1.30 bits per heavy atom. The van der Waals surface area contributed by atoms with Gasteiger partial charge in [0.05, 0.1) is 12.1 Å². The Balaban J connectivity index is 2.81. The van der Waals surface area contributed by atoms with E-state index in [0.29, 0.717) is 0 Å². The van der Waals surface area contributed by atoms with Crippen LogP contribution >= 0.6 is 0 Å². The van der Waals surface area contributed by atoms with Crippen LogP contribution in [0.4, 0.5) is 13.6 Å². The molecule has 0 saturated carbocycles. The summed E-state index contributed by atoms with van der Waals surface area (Å²) in [5, 5.41) is 14.2. The highest BCUT2D eigenvalue weighted by Crippen LogP contribution is 2.24. The molecule has 4 nitrogen and oxygen atoms in total. The Morgan fingerprint density at radius 3 is 2.45 bits per heavy atom. The first kappa shape index (κ1) is 16.4. The lowest BCUT2D eigenvalue weighted by atomic mass is 9.95. The van der Waals surface area contributed by atoms with Crippen molar-refractivity contribution in [3.8, 4) is 0 Å². The molecule has 0 radical (unpaired) electrons. The van der Waals surface area contributed by atoms with Crippen LogP contribution in [0.5, 0.6) is 0 Å². The van der Waals surface area contributed by atoms with Crippen molar-refractivity contribution in [1.82, 2.24) is 10.6 Å². The zero-order chi connectivity index (χ0) is 15.3. The maximum atomic E-state index is 13.8. The van der Waals surface area contributed by atoms with Gasteiger partial charge in [-0.1, -0.05) is 19.9 Å². The van der Waals surface area contributed by atoms with Gasteiger partial charge in [0.15, 0.2) is 0 Å². The second-order valence-electron chi connectivity index (χ2n) is 5.09. The van der Waals surface area contributed by atoms with Crippen molar-refractivity contribution in [2.45, 2.75) is 32.9 Å². The molecule has 1 aromatic carbocycles. The Hall–Kier alpha value is -1.69. The molecule has 3 N–H and O–H groups in total. The van der Waals surface area contributed by atoms with E-state index in [4.69, 9.17) is 5.11 Å². The van der Waals surface area contributed by atoms with E-state index in [-0.39, 0.29) is 18.0 Å². The zero-order valence-electron chi connectivity index (χ0n) is 11.8. The summed E-state index contributed by atoms with van der Waals surface area (Å²) in [4.78, 5) is 11.7. The predicted molar refractivity (Wildman–Crippen MR) is 72.2 cm³/mol. The van der Waals surface area contributed by atoms with Crippen LogP contribution in [-0.2, 0) is 0 Å². The van der Waals surface area contributed by atoms with E-state index in [1.54, 1.807) is 6.92 Å². The molecule has 2 atom stereocenters. The summed E-state index contributed by atoms with van der Waals surface area (Å²) in [6, 6.07) is 2.19. The number of carbonyl (C=O) groups is 1. The molecule has 0 aliphatic carbocycles. The standard InChI is InChI=1S/C14H20F2N2O2/c1-8(2)13(18-14(20)17-7-9(3)19)11-5-4-10(15)6-12(11)16/h4-6,8-9,13,19H,7H2,1-3H3,(H2,17,18,20)/t9-,13-/m1/s1. The minimum atomic E-state index is -0.695. The third kappa shape index (κ3) is 4.77. The Bertz CT molecular complexity index is 464. The van der Waals surface area contributed by atoms with Crippen molar-refractivity contribution in [1.29, 1.82) is 0 Å². The fraction of sp³-hybridized carbons (Fsp3) is 0.500. The van der Waals surface area contributed by atoms with Crippen LogP contribution in [-0.4, -0.2) is 23.8 Å². The van der Waals surface area contributed by atoms with Gasteiger partial charge in [0.25, 0.3) is 0 Å². The fourth-order valence-electron chi connectivity index (χ4n) is 1.79. The number of halogens is 2. The number of aliphatic hydroxyl groups is 1. The van der Waals surface area contributed by atoms with Crippen molar-refractivity contribution in [2.24, 2.45) is 5.92 Å². The third-order valence-corrected chi connectivity index (χ3v) is 2.81. The lowest BCUT2D eigenvalue weighted by molar-refractivity contribution is 0.185. The van der Waals surface area contributed by atoms with Gasteiger partial charge >= 0.3 is 6.03 Å². The van der Waals surface area contributed by atoms with Gasteiger partial charge in [-0.15, -0.1) is 0 Å². The highest BCUT2D eigenvalue weighted by atomic mass is 19.1. The number of benzene rings is 1. The Kier molecular flexibility index (Phi) is 5.88. The minimum absolute atomic E-state index is 0.0766. The molecule has 0 saturated heterocycles. The molecule has 2 amide bonds. The van der Waals surface area contributed by atoms with Crippen LogP contribution in [0.2, 0.25) is 0 Å². The van der Waals surface area contributed by atoms with Crippen LogP contribution in [0.15, 0.2) is 18.2 Å². The monoisotopic (exact) mass is 286 g/mol. The molecular formula is C14H20F2N2O2.